The van der Waals surface area contributed by atoms with E-state index in [0.29, 0.717) is 0 Å². The van der Waals surface area contributed by atoms with Crippen molar-refractivity contribution in [2.75, 3.05) is 6.54 Å². The Morgan fingerprint density at radius 1 is 1.67 bits per heavy atom. The maximum Gasteiger partial charge on any atom is 0.250 e. The lowest BCUT2D eigenvalue weighted by Crippen LogP contribution is -2.62. The van der Waals surface area contributed by atoms with E-state index in [1.54, 1.807) is 13.8 Å². The predicted octanol–water partition coefficient (Wildman–Crippen LogP) is -2.29. The quantitative estimate of drug-likeness (QED) is 0.208. The second kappa shape index (κ2) is 4.37. The molecule has 4 N–H and O–H groups in total. The summed E-state index contributed by atoms with van der Waals surface area (Å²) >= 11 is 0. The number of amides is 3. The molecule has 0 aromatic carbocycles. The molecule has 0 saturated carbocycles. The monoisotopic (exact) mass is 214 g/mol. The number of hydrogen-bond acceptors (Lipinski definition) is 5. The highest BCUT2D eigenvalue weighted by molar-refractivity contribution is 6.01. The van der Waals surface area contributed by atoms with E-state index in [1.807, 2.05) is 5.43 Å². The van der Waals surface area contributed by atoms with Gasteiger partial charge in [0.25, 0.3) is 5.91 Å². The molecule has 2 atom stereocenters. The number of nitrogens with two attached hydrogens (primary N) is 1. The predicted molar refractivity (Wildman–Crippen MR) is 51.1 cm³/mol. The third-order valence-corrected chi connectivity index (χ3v) is 2.48. The zero-order valence-electron chi connectivity index (χ0n) is 8.61. The molecule has 1 fully saturated rings. The third kappa shape index (κ3) is 2.31. The summed E-state index contributed by atoms with van der Waals surface area (Å²) in [5.41, 5.74) is 1.99. The summed E-state index contributed by atoms with van der Waals surface area (Å²) in [5.74, 6) is 3.75. The second-order valence-electron chi connectivity index (χ2n) is 3.45. The number of carbonyl (C=O) groups excluding carboxylic acids is 3. The number of imide groups is 1. The lowest BCUT2D eigenvalue weighted by Gasteiger charge is -2.34. The van der Waals surface area contributed by atoms with Crippen LogP contribution in [0.3, 0.4) is 0 Å². The van der Waals surface area contributed by atoms with Gasteiger partial charge in [-0.15, -0.1) is 0 Å². The molecule has 1 saturated heterocycles. The van der Waals surface area contributed by atoms with Gasteiger partial charge in [-0.25, -0.2) is 5.84 Å². The van der Waals surface area contributed by atoms with Gasteiger partial charge in [0, 0.05) is 0 Å². The summed E-state index contributed by atoms with van der Waals surface area (Å²) < 4.78 is 0. The molecule has 15 heavy (non-hydrogen) atoms. The highest BCUT2D eigenvalue weighted by Gasteiger charge is 2.35. The van der Waals surface area contributed by atoms with E-state index in [2.05, 4.69) is 5.32 Å². The molecular formula is C8H14N4O3. The first-order chi connectivity index (χ1) is 6.97. The topological polar surface area (TPSA) is 105 Å². The number of nitrogens with one attached hydrogen (secondary N) is 2. The molecule has 7 nitrogen and oxygen atoms in total. The minimum Gasteiger partial charge on any atom is -0.294 e. The number of piperazine rings is 1. The van der Waals surface area contributed by atoms with Crippen LogP contribution in [0.15, 0.2) is 0 Å². The van der Waals surface area contributed by atoms with E-state index in [1.165, 1.54) is 4.90 Å². The van der Waals surface area contributed by atoms with E-state index in [4.69, 9.17) is 5.84 Å². The Morgan fingerprint density at radius 2 is 2.27 bits per heavy atom. The maximum atomic E-state index is 11.3. The van der Waals surface area contributed by atoms with Crippen molar-refractivity contribution in [1.29, 1.82) is 0 Å². The van der Waals surface area contributed by atoms with Crippen molar-refractivity contribution in [1.82, 2.24) is 15.6 Å². The summed E-state index contributed by atoms with van der Waals surface area (Å²) in [6, 6.07) is -1.13. The van der Waals surface area contributed by atoms with E-state index in [9.17, 15) is 14.4 Å². The van der Waals surface area contributed by atoms with E-state index in [-0.39, 0.29) is 6.54 Å². The Hall–Kier alpha value is -1.47. The van der Waals surface area contributed by atoms with Gasteiger partial charge in [0.2, 0.25) is 11.8 Å². The van der Waals surface area contributed by atoms with E-state index >= 15 is 0 Å². The van der Waals surface area contributed by atoms with Crippen LogP contribution < -0.4 is 16.6 Å². The van der Waals surface area contributed by atoms with Crippen LogP contribution in [-0.4, -0.2) is 41.2 Å². The van der Waals surface area contributed by atoms with Crippen LogP contribution in [0.1, 0.15) is 13.8 Å². The molecule has 0 spiro atoms. The smallest absolute Gasteiger partial charge is 0.250 e. The minimum absolute atomic E-state index is 0.0154. The van der Waals surface area contributed by atoms with Crippen molar-refractivity contribution in [3.05, 3.63) is 0 Å². The Kier molecular flexibility index (Phi) is 3.38. The van der Waals surface area contributed by atoms with Crippen molar-refractivity contribution < 1.29 is 14.4 Å². The molecule has 0 aromatic rings. The van der Waals surface area contributed by atoms with Gasteiger partial charge in [-0.1, -0.05) is 0 Å². The zero-order valence-corrected chi connectivity index (χ0v) is 8.61. The van der Waals surface area contributed by atoms with E-state index < -0.39 is 29.8 Å². The highest BCUT2D eigenvalue weighted by Crippen LogP contribution is 2.09. The van der Waals surface area contributed by atoms with Gasteiger partial charge in [-0.3, -0.25) is 30.0 Å². The van der Waals surface area contributed by atoms with Crippen LogP contribution in [0.2, 0.25) is 0 Å². The van der Waals surface area contributed by atoms with Gasteiger partial charge in [0.15, 0.2) is 0 Å². The van der Waals surface area contributed by atoms with Crippen molar-refractivity contribution >= 4 is 17.7 Å². The number of nitrogens with zero attached hydrogens (tertiary/aromatic N) is 1. The van der Waals surface area contributed by atoms with Gasteiger partial charge in [-0.05, 0) is 13.8 Å². The largest absolute Gasteiger partial charge is 0.294 e. The fourth-order valence-electron chi connectivity index (χ4n) is 1.48. The molecule has 0 aromatic heterocycles. The Bertz CT molecular complexity index is 304. The van der Waals surface area contributed by atoms with Gasteiger partial charge >= 0.3 is 0 Å². The van der Waals surface area contributed by atoms with Gasteiger partial charge < -0.3 is 0 Å². The molecule has 1 rings (SSSR count). The van der Waals surface area contributed by atoms with Crippen molar-refractivity contribution in [3.8, 4) is 0 Å². The average molecular weight is 214 g/mol. The number of carbonyl (C=O) groups is 3. The summed E-state index contributed by atoms with van der Waals surface area (Å²) in [4.78, 5) is 35.1. The van der Waals surface area contributed by atoms with E-state index in [0.717, 1.165) is 0 Å². The fraction of sp³-hybridized carbons (Fsp3) is 0.625. The summed E-state index contributed by atoms with van der Waals surface area (Å²) in [5, 5.41) is 2.19. The molecule has 0 radical (unpaired) electrons. The van der Waals surface area contributed by atoms with Crippen LogP contribution in [0.25, 0.3) is 0 Å². The standard InChI is InChI=1S/C8H14N4O3/c1-4-7(14)10-6(13)3-12(4)5(2)8(15)11-9/h4-5H,3,9H2,1-2H3,(H,11,15)(H,10,13,14). The molecule has 1 aliphatic heterocycles. The second-order valence-corrected chi connectivity index (χ2v) is 3.45. The summed E-state index contributed by atoms with van der Waals surface area (Å²) in [6.07, 6.45) is 0. The average Bonchev–Trinajstić information content (AvgIpc) is 2.21. The van der Waals surface area contributed by atoms with Gasteiger partial charge in [-0.2, -0.15) is 0 Å². The number of hydrogen-bond donors (Lipinski definition) is 3. The third-order valence-electron chi connectivity index (χ3n) is 2.48. The van der Waals surface area contributed by atoms with Crippen LogP contribution >= 0.6 is 0 Å². The van der Waals surface area contributed by atoms with Crippen LogP contribution in [-0.2, 0) is 14.4 Å². The molecule has 2 unspecified atom stereocenters. The molecule has 3 amide bonds. The summed E-state index contributed by atoms with van der Waals surface area (Å²) in [6.45, 7) is 3.23. The first kappa shape index (κ1) is 11.6. The Balaban J connectivity index is 2.78. The molecule has 1 heterocycles. The number of hydrazine groups is 1. The summed E-state index contributed by atoms with van der Waals surface area (Å²) in [7, 11) is 0. The Morgan fingerprint density at radius 3 is 2.80 bits per heavy atom. The molecule has 1 aliphatic rings. The van der Waals surface area contributed by atoms with Crippen LogP contribution in [0.5, 0.6) is 0 Å². The first-order valence-corrected chi connectivity index (χ1v) is 4.57. The van der Waals surface area contributed by atoms with Gasteiger partial charge in [0.1, 0.15) is 0 Å². The molecule has 84 valence electrons. The SMILES string of the molecule is CC(C(=O)NN)N1CC(=O)NC(=O)C1C. The molecular weight excluding hydrogens is 200 g/mol. The zero-order chi connectivity index (χ0) is 11.6. The maximum absolute atomic E-state index is 11.3. The molecule has 7 heteroatoms. The Labute approximate surface area is 86.9 Å². The van der Waals surface area contributed by atoms with Crippen molar-refractivity contribution in [3.63, 3.8) is 0 Å². The normalized spacial score (nSPS) is 24.6. The number of rotatable bonds is 2. The van der Waals surface area contributed by atoms with Crippen molar-refractivity contribution in [2.45, 2.75) is 25.9 Å². The lowest BCUT2D eigenvalue weighted by molar-refractivity contribution is -0.142. The van der Waals surface area contributed by atoms with Crippen molar-refractivity contribution in [2.24, 2.45) is 5.84 Å². The highest BCUT2D eigenvalue weighted by atomic mass is 16.2. The minimum atomic E-state index is -0.611. The first-order valence-electron chi connectivity index (χ1n) is 4.57. The molecule has 0 bridgehead atoms. The fourth-order valence-corrected chi connectivity index (χ4v) is 1.48. The van der Waals surface area contributed by atoms with Gasteiger partial charge in [0.05, 0.1) is 18.6 Å². The molecule has 0 aliphatic carbocycles. The lowest BCUT2D eigenvalue weighted by atomic mass is 10.1. The van der Waals surface area contributed by atoms with Crippen LogP contribution in [0, 0.1) is 0 Å². The van der Waals surface area contributed by atoms with Crippen LogP contribution in [0.4, 0.5) is 0 Å².